The Morgan fingerprint density at radius 2 is 2.00 bits per heavy atom. The van der Waals surface area contributed by atoms with Gasteiger partial charge in [0.15, 0.2) is 5.82 Å². The molecular formula is C38H38F3N7O2. The molecule has 2 N–H and O–H groups in total. The molecule has 4 aliphatic rings. The molecule has 12 heteroatoms. The molecule has 9 rings (SSSR count). The molecule has 4 fully saturated rings. The highest BCUT2D eigenvalue weighted by Gasteiger charge is 2.50. The first-order valence-electron chi connectivity index (χ1n) is 17.4. The van der Waals surface area contributed by atoms with Gasteiger partial charge in [-0.1, -0.05) is 18.9 Å². The third kappa shape index (κ3) is 4.66. The molecule has 2 aromatic heterocycles. The van der Waals surface area contributed by atoms with Gasteiger partial charge < -0.3 is 20.1 Å². The van der Waals surface area contributed by atoms with Crippen LogP contribution in [-0.2, 0) is 7.05 Å². The Morgan fingerprint density at radius 3 is 2.82 bits per heavy atom. The summed E-state index contributed by atoms with van der Waals surface area (Å²) in [6.45, 7) is 4.89. The van der Waals surface area contributed by atoms with Crippen molar-refractivity contribution in [2.45, 2.75) is 68.7 Å². The number of phenolic OH excluding ortho intramolecular Hbond substituents is 1. The number of aromatic hydroxyl groups is 1. The zero-order chi connectivity index (χ0) is 34.5. The van der Waals surface area contributed by atoms with Gasteiger partial charge in [0.05, 0.1) is 16.5 Å². The summed E-state index contributed by atoms with van der Waals surface area (Å²) in [6, 6.07) is 5.86. The van der Waals surface area contributed by atoms with Crippen molar-refractivity contribution in [2.75, 3.05) is 37.7 Å². The molecule has 0 unspecified atom stereocenters. The van der Waals surface area contributed by atoms with Crippen LogP contribution in [-0.4, -0.2) is 85.8 Å². The fourth-order valence-electron chi connectivity index (χ4n) is 9.40. The van der Waals surface area contributed by atoms with Gasteiger partial charge in [0.25, 0.3) is 0 Å². The minimum absolute atomic E-state index is 0.0108. The quantitative estimate of drug-likeness (QED) is 0.212. The van der Waals surface area contributed by atoms with Crippen LogP contribution in [0.1, 0.15) is 51.0 Å². The Labute approximate surface area is 287 Å². The van der Waals surface area contributed by atoms with E-state index in [2.05, 4.69) is 28.0 Å². The highest BCUT2D eigenvalue weighted by Crippen LogP contribution is 2.46. The lowest BCUT2D eigenvalue weighted by Crippen LogP contribution is -2.59. The molecule has 4 aliphatic heterocycles. The second-order valence-corrected chi connectivity index (χ2v) is 14.7. The first kappa shape index (κ1) is 31.4. The van der Waals surface area contributed by atoms with E-state index in [1.165, 1.54) is 24.3 Å². The molecule has 0 aliphatic carbocycles. The van der Waals surface area contributed by atoms with Gasteiger partial charge in [0.2, 0.25) is 0 Å². The SMILES string of the molecule is C#Cc1c(F)ccc2cc(O)cc(-c3c(F)c4nc(OC[C@@]56CCCN5C[C@H](F)C6)nc(N5C[C@H]6CC[C@@](CC)(C5)N6)c4c4cn(C)nc34)c12. The van der Waals surface area contributed by atoms with Crippen molar-refractivity contribution < 1.29 is 23.0 Å². The van der Waals surface area contributed by atoms with E-state index in [0.29, 0.717) is 53.5 Å². The minimum atomic E-state index is -0.928. The van der Waals surface area contributed by atoms with Gasteiger partial charge in [0.1, 0.15) is 41.2 Å². The van der Waals surface area contributed by atoms with Crippen LogP contribution < -0.4 is 15.0 Å². The third-order valence-electron chi connectivity index (χ3n) is 11.7. The molecule has 5 aromatic rings. The minimum Gasteiger partial charge on any atom is -0.508 e. The molecule has 4 saturated heterocycles. The van der Waals surface area contributed by atoms with Crippen molar-refractivity contribution >= 4 is 38.4 Å². The molecular weight excluding hydrogens is 643 g/mol. The lowest BCUT2D eigenvalue weighted by atomic mass is 9.91. The van der Waals surface area contributed by atoms with Crippen molar-refractivity contribution in [3.63, 3.8) is 0 Å². The lowest BCUT2D eigenvalue weighted by molar-refractivity contribution is 0.107. The van der Waals surface area contributed by atoms with E-state index in [0.717, 1.165) is 38.6 Å². The molecule has 4 atom stereocenters. The second-order valence-electron chi connectivity index (χ2n) is 14.7. The molecule has 3 aromatic carbocycles. The lowest BCUT2D eigenvalue weighted by Gasteiger charge is -2.42. The number of piperazine rings is 1. The Morgan fingerprint density at radius 1 is 1.14 bits per heavy atom. The Hall–Kier alpha value is -4.60. The van der Waals surface area contributed by atoms with E-state index < -0.39 is 23.3 Å². The number of ether oxygens (including phenoxy) is 1. The third-order valence-corrected chi connectivity index (χ3v) is 11.7. The number of aryl methyl sites for hydroxylation is 1. The van der Waals surface area contributed by atoms with Crippen LogP contribution in [0.2, 0.25) is 0 Å². The summed E-state index contributed by atoms with van der Waals surface area (Å²) in [5.74, 6) is 1.50. The average Bonchev–Trinajstić information content (AvgIpc) is 3.84. The zero-order valence-corrected chi connectivity index (χ0v) is 28.1. The maximum absolute atomic E-state index is 17.6. The van der Waals surface area contributed by atoms with Gasteiger partial charge in [-0.2, -0.15) is 15.1 Å². The van der Waals surface area contributed by atoms with Crippen molar-refractivity contribution in [3.05, 3.63) is 47.7 Å². The van der Waals surface area contributed by atoms with E-state index in [9.17, 15) is 9.50 Å². The number of hydrogen-bond donors (Lipinski definition) is 2. The Balaban J connectivity index is 1.30. The molecule has 2 bridgehead atoms. The number of benzene rings is 3. The number of anilines is 1. The van der Waals surface area contributed by atoms with E-state index in [-0.39, 0.29) is 57.5 Å². The van der Waals surface area contributed by atoms with Gasteiger partial charge in [-0.05, 0) is 67.8 Å². The average molecular weight is 682 g/mol. The van der Waals surface area contributed by atoms with E-state index in [1.54, 1.807) is 11.7 Å². The number of terminal acetylenes is 1. The number of hydrogen-bond acceptors (Lipinski definition) is 8. The molecule has 258 valence electrons. The van der Waals surface area contributed by atoms with Gasteiger partial charge in [-0.15, -0.1) is 6.42 Å². The Bertz CT molecular complexity index is 2270. The summed E-state index contributed by atoms with van der Waals surface area (Å²) >= 11 is 0. The molecule has 0 spiro atoms. The number of nitrogens with one attached hydrogen (secondary N) is 1. The molecule has 0 radical (unpaired) electrons. The standard InChI is InChI=1S/C38H38F3N7O2/c1-4-25-28(40)8-7-21-13-24(49)14-26(29(21)25)30-32(41)34-31(27-18-46(3)45-33(27)30)35(47-17-23-9-11-37(5-2,19-47)44-23)43-36(42-34)50-20-38-10-6-12-48(38)16-22(39)15-38/h1,7-8,13-14,18,22-23,44,49H,5-6,9-12,15-17,19-20H2,2-3H3/t22-,23-,37+,38+/m1/s1. The van der Waals surface area contributed by atoms with Crippen molar-refractivity contribution in [3.8, 4) is 35.2 Å². The fourth-order valence-corrected chi connectivity index (χ4v) is 9.40. The van der Waals surface area contributed by atoms with Gasteiger partial charge in [-0.3, -0.25) is 9.58 Å². The summed E-state index contributed by atoms with van der Waals surface area (Å²) in [4.78, 5) is 14.1. The zero-order valence-electron chi connectivity index (χ0n) is 28.1. The summed E-state index contributed by atoms with van der Waals surface area (Å²) in [5.41, 5.74) is -0.0459. The maximum atomic E-state index is 17.6. The van der Waals surface area contributed by atoms with Crippen molar-refractivity contribution in [2.24, 2.45) is 7.05 Å². The number of phenols is 1. The van der Waals surface area contributed by atoms with E-state index in [1.807, 2.05) is 6.20 Å². The number of aromatic nitrogens is 4. The van der Waals surface area contributed by atoms with Crippen LogP contribution in [0.4, 0.5) is 19.0 Å². The highest BCUT2D eigenvalue weighted by molar-refractivity contribution is 6.18. The van der Waals surface area contributed by atoms with Gasteiger partial charge in [0, 0.05) is 67.2 Å². The topological polar surface area (TPSA) is 91.6 Å². The summed E-state index contributed by atoms with van der Waals surface area (Å²) in [5, 5.41) is 21.2. The molecule has 0 saturated carbocycles. The number of halogens is 3. The number of nitrogens with zero attached hydrogens (tertiary/aromatic N) is 6. The predicted molar refractivity (Wildman–Crippen MR) is 186 cm³/mol. The summed E-state index contributed by atoms with van der Waals surface area (Å²) < 4.78 is 55.4. The Kier molecular flexibility index (Phi) is 7.03. The number of alkyl halides is 1. The summed E-state index contributed by atoms with van der Waals surface area (Å²) in [6.07, 6.45) is 11.8. The van der Waals surface area contributed by atoms with Crippen molar-refractivity contribution in [1.29, 1.82) is 0 Å². The number of fused-ring (bicyclic) bond motifs is 7. The predicted octanol–water partition coefficient (Wildman–Crippen LogP) is 5.98. The normalized spacial score (nSPS) is 26.4. The first-order valence-corrected chi connectivity index (χ1v) is 17.4. The van der Waals surface area contributed by atoms with Gasteiger partial charge in [-0.25, -0.2) is 13.2 Å². The van der Waals surface area contributed by atoms with Crippen LogP contribution in [0.5, 0.6) is 11.8 Å². The number of rotatable bonds is 6. The van der Waals surface area contributed by atoms with Crippen LogP contribution in [0.25, 0.3) is 43.7 Å². The fraction of sp³-hybridized carbons (Fsp3) is 0.447. The first-order chi connectivity index (χ1) is 24.1. The van der Waals surface area contributed by atoms with Gasteiger partial charge >= 0.3 is 6.01 Å². The smallest absolute Gasteiger partial charge is 0.319 e. The van der Waals surface area contributed by atoms with Crippen LogP contribution in [0.3, 0.4) is 0 Å². The van der Waals surface area contributed by atoms with E-state index in [4.69, 9.17) is 26.2 Å². The van der Waals surface area contributed by atoms with Crippen molar-refractivity contribution in [1.82, 2.24) is 30.0 Å². The van der Waals surface area contributed by atoms with Crippen LogP contribution in [0.15, 0.2) is 30.5 Å². The maximum Gasteiger partial charge on any atom is 0.319 e. The highest BCUT2D eigenvalue weighted by atomic mass is 19.1. The molecule has 6 heterocycles. The molecule has 0 amide bonds. The summed E-state index contributed by atoms with van der Waals surface area (Å²) in [7, 11) is 1.75. The van der Waals surface area contributed by atoms with Crippen LogP contribution in [0, 0.1) is 24.0 Å². The largest absolute Gasteiger partial charge is 0.508 e. The monoisotopic (exact) mass is 681 g/mol. The molecule has 9 nitrogen and oxygen atoms in total. The second kappa shape index (κ2) is 11.2. The molecule has 50 heavy (non-hydrogen) atoms. The van der Waals surface area contributed by atoms with E-state index >= 15 is 8.78 Å². The van der Waals surface area contributed by atoms with Crippen LogP contribution >= 0.6 is 0 Å².